The summed E-state index contributed by atoms with van der Waals surface area (Å²) in [4.78, 5) is 24.2. The minimum absolute atomic E-state index is 0.204. The van der Waals surface area contributed by atoms with E-state index < -0.39 is 5.97 Å². The first-order valence-corrected chi connectivity index (χ1v) is 9.29. The number of ether oxygens (including phenoxy) is 1. The summed E-state index contributed by atoms with van der Waals surface area (Å²) < 4.78 is 6.69. The van der Waals surface area contributed by atoms with Gasteiger partial charge in [0, 0.05) is 10.5 Å². The van der Waals surface area contributed by atoms with Crippen LogP contribution in [0.25, 0.3) is 0 Å². The molecule has 0 saturated heterocycles. The van der Waals surface area contributed by atoms with Crippen LogP contribution >= 0.6 is 43.2 Å². The third-order valence-corrected chi connectivity index (χ3v) is 6.87. The van der Waals surface area contributed by atoms with Gasteiger partial charge in [0.1, 0.15) is 4.88 Å². The quantitative estimate of drug-likeness (QED) is 0.719. The van der Waals surface area contributed by atoms with Crippen molar-refractivity contribution in [2.24, 2.45) is 5.92 Å². The summed E-state index contributed by atoms with van der Waals surface area (Å²) in [5.41, 5.74) is 0. The van der Waals surface area contributed by atoms with E-state index in [0.717, 1.165) is 27.5 Å². The number of hydrogen-bond acceptors (Lipinski definition) is 4. The zero-order chi connectivity index (χ0) is 15.4. The van der Waals surface area contributed by atoms with E-state index >= 15 is 0 Å². The van der Waals surface area contributed by atoms with E-state index in [1.807, 2.05) is 0 Å². The lowest BCUT2D eigenvalue weighted by Crippen LogP contribution is -2.42. The molecule has 1 aromatic heterocycles. The number of nitrogens with one attached hydrogen (secondary N) is 1. The number of amides is 1. The molecule has 1 aromatic rings. The first-order chi connectivity index (χ1) is 9.97. The van der Waals surface area contributed by atoms with Crippen molar-refractivity contribution in [3.63, 3.8) is 0 Å². The second-order valence-electron chi connectivity index (χ2n) is 5.24. The Morgan fingerprint density at radius 1 is 1.38 bits per heavy atom. The fourth-order valence-electron chi connectivity index (χ4n) is 2.43. The van der Waals surface area contributed by atoms with Crippen LogP contribution in [-0.2, 0) is 9.53 Å². The maximum atomic E-state index is 11.9. The maximum Gasteiger partial charge on any atom is 0.348 e. The Morgan fingerprint density at radius 3 is 2.71 bits per heavy atom. The topological polar surface area (TPSA) is 55.4 Å². The lowest BCUT2D eigenvalue weighted by Gasteiger charge is -2.29. The van der Waals surface area contributed by atoms with Crippen LogP contribution < -0.4 is 5.32 Å². The Kier molecular flexibility index (Phi) is 6.25. The average Bonchev–Trinajstić information content (AvgIpc) is 2.79. The van der Waals surface area contributed by atoms with Gasteiger partial charge in [0.2, 0.25) is 0 Å². The molecule has 7 heteroatoms. The molecule has 21 heavy (non-hydrogen) atoms. The minimum Gasteiger partial charge on any atom is -0.451 e. The van der Waals surface area contributed by atoms with Crippen LogP contribution in [0.5, 0.6) is 0 Å². The van der Waals surface area contributed by atoms with Crippen LogP contribution in [0.2, 0.25) is 0 Å². The summed E-state index contributed by atoms with van der Waals surface area (Å²) >= 11 is 7.91. The summed E-state index contributed by atoms with van der Waals surface area (Å²) in [7, 11) is 0. The smallest absolute Gasteiger partial charge is 0.348 e. The molecule has 1 amide bonds. The van der Waals surface area contributed by atoms with Gasteiger partial charge >= 0.3 is 5.97 Å². The van der Waals surface area contributed by atoms with Crippen molar-refractivity contribution >= 4 is 55.1 Å². The third-order valence-electron chi connectivity index (χ3n) is 3.64. The van der Waals surface area contributed by atoms with Gasteiger partial charge in [-0.05, 0) is 56.7 Å². The number of carbonyl (C=O) groups is 2. The normalized spacial score (nSPS) is 21.9. The van der Waals surface area contributed by atoms with Gasteiger partial charge in [0.15, 0.2) is 6.61 Å². The summed E-state index contributed by atoms with van der Waals surface area (Å²) in [5.74, 6) is -0.211. The highest BCUT2D eigenvalue weighted by atomic mass is 79.9. The van der Waals surface area contributed by atoms with Crippen molar-refractivity contribution in [2.45, 2.75) is 38.6 Å². The summed E-state index contributed by atoms with van der Waals surface area (Å²) in [6.07, 6.45) is 4.52. The molecule has 0 aliphatic heterocycles. The molecule has 0 spiro atoms. The van der Waals surface area contributed by atoms with Crippen molar-refractivity contribution in [1.29, 1.82) is 0 Å². The molecule has 1 aliphatic carbocycles. The fraction of sp³-hybridized carbons (Fsp3) is 0.571. The van der Waals surface area contributed by atoms with E-state index in [1.165, 1.54) is 17.8 Å². The first-order valence-electron chi connectivity index (χ1n) is 6.88. The molecule has 2 unspecified atom stereocenters. The number of rotatable bonds is 4. The Hall–Kier alpha value is -0.400. The van der Waals surface area contributed by atoms with Crippen LogP contribution in [-0.4, -0.2) is 24.5 Å². The second kappa shape index (κ2) is 7.74. The van der Waals surface area contributed by atoms with Crippen molar-refractivity contribution in [1.82, 2.24) is 5.32 Å². The first kappa shape index (κ1) is 17.0. The van der Waals surface area contributed by atoms with Gasteiger partial charge in [0.05, 0.1) is 3.79 Å². The fourth-order valence-corrected chi connectivity index (χ4v) is 4.36. The summed E-state index contributed by atoms with van der Waals surface area (Å²) in [5, 5.41) is 2.96. The predicted molar refractivity (Wildman–Crippen MR) is 89.6 cm³/mol. The molecule has 116 valence electrons. The lowest BCUT2D eigenvalue weighted by molar-refractivity contribution is -0.125. The number of halogens is 2. The minimum atomic E-state index is -0.474. The van der Waals surface area contributed by atoms with Crippen molar-refractivity contribution in [3.8, 4) is 0 Å². The monoisotopic (exact) mass is 437 g/mol. The van der Waals surface area contributed by atoms with Gasteiger partial charge in [-0.2, -0.15) is 0 Å². The van der Waals surface area contributed by atoms with Crippen LogP contribution in [0.3, 0.4) is 0 Å². The number of esters is 1. The van der Waals surface area contributed by atoms with Crippen molar-refractivity contribution in [2.75, 3.05) is 6.61 Å². The molecule has 2 rings (SSSR count). The van der Waals surface area contributed by atoms with Crippen LogP contribution in [0.4, 0.5) is 0 Å². The van der Waals surface area contributed by atoms with E-state index in [2.05, 4.69) is 44.1 Å². The Morgan fingerprint density at radius 2 is 2.10 bits per heavy atom. The second-order valence-corrected chi connectivity index (χ2v) is 8.47. The molecule has 1 saturated carbocycles. The SMILES string of the molecule is CC1CCCCC1NC(=O)COC(=O)c1cc(Br)c(Br)s1. The summed E-state index contributed by atoms with van der Waals surface area (Å²) in [6, 6.07) is 1.88. The number of carbonyl (C=O) groups excluding carboxylic acids is 2. The highest BCUT2D eigenvalue weighted by Crippen LogP contribution is 2.32. The van der Waals surface area contributed by atoms with Gasteiger partial charge in [-0.1, -0.05) is 19.8 Å². The number of hydrogen-bond donors (Lipinski definition) is 1. The average molecular weight is 439 g/mol. The summed E-state index contributed by atoms with van der Waals surface area (Å²) in [6.45, 7) is 1.92. The van der Waals surface area contributed by atoms with Crippen molar-refractivity contribution in [3.05, 3.63) is 19.2 Å². The third kappa shape index (κ3) is 4.79. The molecule has 0 radical (unpaired) electrons. The highest BCUT2D eigenvalue weighted by Gasteiger charge is 2.23. The van der Waals surface area contributed by atoms with Crippen LogP contribution in [0, 0.1) is 5.92 Å². The van der Waals surface area contributed by atoms with E-state index in [1.54, 1.807) is 6.07 Å². The molecule has 0 aromatic carbocycles. The molecule has 1 fully saturated rings. The van der Waals surface area contributed by atoms with E-state index in [-0.39, 0.29) is 18.6 Å². The van der Waals surface area contributed by atoms with E-state index in [0.29, 0.717) is 10.8 Å². The molecular weight excluding hydrogens is 422 g/mol. The predicted octanol–water partition coefficient (Wildman–Crippen LogP) is 4.12. The zero-order valence-corrected chi connectivity index (χ0v) is 15.6. The Balaban J connectivity index is 1.79. The van der Waals surface area contributed by atoms with Crippen LogP contribution in [0.1, 0.15) is 42.3 Å². The van der Waals surface area contributed by atoms with E-state index in [9.17, 15) is 9.59 Å². The largest absolute Gasteiger partial charge is 0.451 e. The standard InChI is InChI=1S/C14H17Br2NO3S/c1-8-4-2-3-5-10(8)17-12(18)7-20-14(19)11-6-9(15)13(16)21-11/h6,8,10H,2-5,7H2,1H3,(H,17,18). The lowest BCUT2D eigenvalue weighted by atomic mass is 9.86. The Labute approximate surface area is 144 Å². The molecule has 0 bridgehead atoms. The Bertz CT molecular complexity index is 513. The maximum absolute atomic E-state index is 11.9. The van der Waals surface area contributed by atoms with Gasteiger partial charge < -0.3 is 10.1 Å². The molecule has 4 nitrogen and oxygen atoms in total. The van der Waals surface area contributed by atoms with Gasteiger partial charge in [-0.25, -0.2) is 4.79 Å². The molecule has 1 heterocycles. The van der Waals surface area contributed by atoms with Gasteiger partial charge in [0.25, 0.3) is 5.91 Å². The molecule has 2 atom stereocenters. The zero-order valence-electron chi connectivity index (χ0n) is 11.7. The highest BCUT2D eigenvalue weighted by molar-refractivity contribution is 9.13. The van der Waals surface area contributed by atoms with Crippen LogP contribution in [0.15, 0.2) is 14.3 Å². The van der Waals surface area contributed by atoms with E-state index in [4.69, 9.17) is 4.74 Å². The van der Waals surface area contributed by atoms with Crippen molar-refractivity contribution < 1.29 is 14.3 Å². The van der Waals surface area contributed by atoms with Gasteiger partial charge in [-0.15, -0.1) is 11.3 Å². The van der Waals surface area contributed by atoms with Gasteiger partial charge in [-0.3, -0.25) is 4.79 Å². The molecule has 1 aliphatic rings. The molecular formula is C14H17Br2NO3S. The number of thiophene rings is 1. The molecule has 1 N–H and O–H groups in total.